The Morgan fingerprint density at radius 2 is 1.57 bits per heavy atom. The van der Waals surface area contributed by atoms with Gasteiger partial charge in [0.2, 0.25) is 6.29 Å². The summed E-state index contributed by atoms with van der Waals surface area (Å²) in [6.45, 7) is 8.40. The maximum Gasteiger partial charge on any atom is 0.511 e. The summed E-state index contributed by atoms with van der Waals surface area (Å²) in [4.78, 5) is 46.8. The smallest absolute Gasteiger partial charge is 0.493 e. The number of unbranched alkanes of at least 4 members (excludes halogenated alkanes) is 1. The zero-order valence-corrected chi connectivity index (χ0v) is 38.6. The van der Waals surface area contributed by atoms with Crippen molar-refractivity contribution in [3.05, 3.63) is 113 Å². The van der Waals surface area contributed by atoms with Gasteiger partial charge in [-0.25, -0.2) is 41.5 Å². The molecule has 2 aliphatic heterocycles. The Labute approximate surface area is 391 Å². The quantitative estimate of drug-likeness (QED) is 0.0408. The number of carbonyl (C=O) groups excluding carboxylic acids is 2. The zero-order valence-electron chi connectivity index (χ0n) is 37.8. The van der Waals surface area contributed by atoms with E-state index in [-0.39, 0.29) is 43.9 Å². The number of aromatic nitrogens is 6. The van der Waals surface area contributed by atoms with Crippen molar-refractivity contribution < 1.29 is 59.2 Å². The third-order valence-corrected chi connectivity index (χ3v) is 12.3. The van der Waals surface area contributed by atoms with Crippen LogP contribution >= 0.6 is 0 Å². The summed E-state index contributed by atoms with van der Waals surface area (Å²) in [7, 11) is -4.56. The number of hydrogen-bond donors (Lipinski definition) is 1. The van der Waals surface area contributed by atoms with Crippen molar-refractivity contribution in [2.24, 2.45) is 5.92 Å². The number of carbonyl (C=O) groups is 2. The first-order valence-electron chi connectivity index (χ1n) is 22.2. The molecule has 23 heteroatoms. The van der Waals surface area contributed by atoms with E-state index < -0.39 is 63.9 Å². The molecule has 0 saturated carbocycles. The second-order valence-electron chi connectivity index (χ2n) is 16.5. The molecule has 7 rings (SSSR count). The van der Waals surface area contributed by atoms with Gasteiger partial charge < -0.3 is 33.5 Å². The molecule has 3 aromatic carbocycles. The fourth-order valence-electron chi connectivity index (χ4n) is 8.42. The van der Waals surface area contributed by atoms with E-state index in [1.54, 1.807) is 11.6 Å². The van der Waals surface area contributed by atoms with Gasteiger partial charge in [-0.2, -0.15) is 18.6 Å². The number of ether oxygens (including phenoxy) is 5. The number of piperazine rings is 1. The average molecular weight is 969 g/mol. The Hall–Kier alpha value is -6.43. The Bertz CT molecular complexity index is 2630. The number of anilines is 2. The van der Waals surface area contributed by atoms with Crippen LogP contribution in [0.4, 0.5) is 25.0 Å². The average Bonchev–Trinajstić information content (AvgIpc) is 4.07. The van der Waals surface area contributed by atoms with E-state index in [0.717, 1.165) is 43.6 Å². The van der Waals surface area contributed by atoms with Gasteiger partial charge in [-0.1, -0.05) is 13.0 Å². The molecule has 20 nitrogen and oxygen atoms in total. The van der Waals surface area contributed by atoms with Gasteiger partial charge in [0.1, 0.15) is 48.1 Å². The third-order valence-electron chi connectivity index (χ3n) is 11.8. The Kier molecular flexibility index (Phi) is 16.1. The van der Waals surface area contributed by atoms with E-state index in [2.05, 4.69) is 29.2 Å². The van der Waals surface area contributed by atoms with Gasteiger partial charge in [-0.3, -0.25) is 9.35 Å². The first kappa shape index (κ1) is 49.5. The van der Waals surface area contributed by atoms with Crippen LogP contribution in [-0.4, -0.2) is 113 Å². The second-order valence-corrected chi connectivity index (χ2v) is 17.6. The number of esters is 1. The summed E-state index contributed by atoms with van der Waals surface area (Å²) < 4.78 is 95.0. The maximum atomic E-state index is 15.0. The molecule has 0 aliphatic carbocycles. The number of hydrogen-bond acceptors (Lipinski definition) is 16. The molecular weight excluding hydrogens is 915 g/mol. The van der Waals surface area contributed by atoms with Crippen LogP contribution in [0.25, 0.3) is 5.69 Å². The normalized spacial score (nSPS) is 18.8. The lowest BCUT2D eigenvalue weighted by Gasteiger charge is -2.37. The molecule has 1 unspecified atom stereocenters. The van der Waals surface area contributed by atoms with Gasteiger partial charge in [0.05, 0.1) is 38.1 Å². The summed E-state index contributed by atoms with van der Waals surface area (Å²) in [5, 5.41) is 8.50. The number of benzene rings is 3. The highest BCUT2D eigenvalue weighted by atomic mass is 32.3. The molecule has 366 valence electrons. The molecule has 2 saturated heterocycles. The van der Waals surface area contributed by atoms with E-state index in [9.17, 15) is 27.2 Å². The molecule has 68 heavy (non-hydrogen) atoms. The highest BCUT2D eigenvalue weighted by Gasteiger charge is 2.45. The maximum absolute atomic E-state index is 15.0. The van der Waals surface area contributed by atoms with Gasteiger partial charge in [0.25, 0.3) is 0 Å². The van der Waals surface area contributed by atoms with Gasteiger partial charge in [0.15, 0.2) is 0 Å². The largest absolute Gasteiger partial charge is 0.511 e. The van der Waals surface area contributed by atoms with Crippen LogP contribution in [0.1, 0.15) is 64.5 Å². The fourth-order valence-corrected chi connectivity index (χ4v) is 8.75. The van der Waals surface area contributed by atoms with Crippen LogP contribution in [0.5, 0.6) is 5.75 Å². The molecule has 0 amide bonds. The van der Waals surface area contributed by atoms with E-state index in [1.165, 1.54) is 47.3 Å². The monoisotopic (exact) mass is 968 g/mol. The van der Waals surface area contributed by atoms with E-state index >= 15 is 4.39 Å². The lowest BCUT2D eigenvalue weighted by Crippen LogP contribution is -2.46. The van der Waals surface area contributed by atoms with Crippen LogP contribution in [0.3, 0.4) is 0 Å². The molecule has 5 atom stereocenters. The number of halogens is 2. The highest BCUT2D eigenvalue weighted by molar-refractivity contribution is 7.80. The zero-order chi connectivity index (χ0) is 48.4. The minimum atomic E-state index is -4.56. The molecule has 2 aliphatic rings. The van der Waals surface area contributed by atoms with Crippen molar-refractivity contribution in [1.82, 2.24) is 29.1 Å². The first-order valence-corrected chi connectivity index (χ1v) is 23.6. The van der Waals surface area contributed by atoms with Gasteiger partial charge in [-0.05, 0) is 87.2 Å². The minimum absolute atomic E-state index is 0.0521. The van der Waals surface area contributed by atoms with E-state index in [1.807, 2.05) is 55.5 Å². The topological polar surface area (TPSA) is 221 Å². The van der Waals surface area contributed by atoms with Gasteiger partial charge >= 0.3 is 28.2 Å². The number of nitrogens with zero attached hydrogens (tertiary/aromatic N) is 8. The van der Waals surface area contributed by atoms with Crippen molar-refractivity contribution in [2.45, 2.75) is 83.5 Å². The van der Waals surface area contributed by atoms with Crippen LogP contribution in [-0.2, 0) is 50.5 Å². The van der Waals surface area contributed by atoms with Gasteiger partial charge in [-0.15, -0.1) is 0 Å². The SMILES string of the molecule is CC[C@@H]([C@H](C)OC(=O)OC(C)OC(=O)CCCCOS(=O)(=O)O)n1ncn(-c2ccc(N3CCN(c4ccc(OC[C@@H]5CO[C@@](Cn6cncn6)(c6ccc(F)cc6F)C5)cc4)CC3)cc2)c1=O. The molecule has 0 bridgehead atoms. The summed E-state index contributed by atoms with van der Waals surface area (Å²) in [5.74, 6) is -1.40. The summed E-state index contributed by atoms with van der Waals surface area (Å²) in [6.07, 6.45) is 2.16. The van der Waals surface area contributed by atoms with Crippen LogP contribution < -0.4 is 20.2 Å². The summed E-state index contributed by atoms with van der Waals surface area (Å²) in [6, 6.07) is 18.4. The molecular formula is C45H54F2N8O12S. The Balaban J connectivity index is 0.855. The molecule has 1 N–H and O–H groups in total. The van der Waals surface area contributed by atoms with Crippen molar-refractivity contribution in [1.29, 1.82) is 0 Å². The fraction of sp³-hybridized carbons (Fsp3) is 0.467. The predicted molar refractivity (Wildman–Crippen MR) is 240 cm³/mol. The van der Waals surface area contributed by atoms with Crippen molar-refractivity contribution in [3.63, 3.8) is 0 Å². The van der Waals surface area contributed by atoms with Crippen LogP contribution in [0, 0.1) is 17.6 Å². The lowest BCUT2D eigenvalue weighted by atomic mass is 9.87. The minimum Gasteiger partial charge on any atom is -0.493 e. The standard InChI is InChI=1S/C45H54F2N8O12S/c1-4-41(31(2)65-44(58)67-32(3)66-42(56)7-5-6-22-64-68(59,60)61)55-43(57)54(30-50-55)37-11-9-35(10-12-37)51-18-20-52(21-19-51)36-13-15-38(16-14-36)62-25-33-24-45(63-26-33,27-53-29-48-28-49-53)39-17-8-34(46)23-40(39)47/h8-17,23,28-33,41H,4-7,18-22,24-27H2,1-3H3,(H,59,60,61)/t31-,32?,33+,41-,45-/m0/s1. The third kappa shape index (κ3) is 12.8. The summed E-state index contributed by atoms with van der Waals surface area (Å²) >= 11 is 0. The molecule has 5 aromatic rings. The lowest BCUT2D eigenvalue weighted by molar-refractivity contribution is -0.169. The van der Waals surface area contributed by atoms with Crippen molar-refractivity contribution >= 4 is 33.9 Å². The molecule has 0 spiro atoms. The summed E-state index contributed by atoms with van der Waals surface area (Å²) in [5.41, 5.74) is 1.44. The molecule has 2 fully saturated rings. The molecule has 0 radical (unpaired) electrons. The Morgan fingerprint density at radius 3 is 2.21 bits per heavy atom. The predicted octanol–water partition coefficient (Wildman–Crippen LogP) is 5.61. The second kappa shape index (κ2) is 22.1. The molecule has 2 aromatic heterocycles. The highest BCUT2D eigenvalue weighted by Crippen LogP contribution is 2.42. The van der Waals surface area contributed by atoms with Crippen LogP contribution in [0.15, 0.2) is 90.5 Å². The van der Waals surface area contributed by atoms with Gasteiger partial charge in [0, 0.05) is 68.4 Å². The molecule has 4 heterocycles. The van der Waals surface area contributed by atoms with Crippen molar-refractivity contribution in [2.75, 3.05) is 55.8 Å². The Morgan fingerprint density at radius 1 is 0.897 bits per heavy atom. The van der Waals surface area contributed by atoms with E-state index in [4.69, 9.17) is 28.2 Å². The van der Waals surface area contributed by atoms with E-state index in [0.29, 0.717) is 37.5 Å². The number of rotatable bonds is 21. The van der Waals surface area contributed by atoms with Crippen LogP contribution in [0.2, 0.25) is 0 Å². The van der Waals surface area contributed by atoms with Crippen molar-refractivity contribution in [3.8, 4) is 11.4 Å². The first-order chi connectivity index (χ1) is 32.6.